The number of hydrogen-bond donors (Lipinski definition) is 1. The zero-order valence-electron chi connectivity index (χ0n) is 6.60. The van der Waals surface area contributed by atoms with Crippen LogP contribution in [-0.4, -0.2) is 44.4 Å². The number of alkyl halides is 2. The molecule has 1 N–H and O–H groups in total. The standard InChI is InChI=1S/C6H12F2N2O/c1-10(2)6(11)4-9-3-5(7)8/h5,9H,3-4H2,1-2H3. The van der Waals surface area contributed by atoms with Gasteiger partial charge in [0, 0.05) is 14.1 Å². The van der Waals surface area contributed by atoms with E-state index in [9.17, 15) is 13.6 Å². The zero-order valence-corrected chi connectivity index (χ0v) is 6.60. The third kappa shape index (κ3) is 5.72. The van der Waals surface area contributed by atoms with Crippen LogP contribution in [-0.2, 0) is 4.79 Å². The smallest absolute Gasteiger partial charge is 0.250 e. The van der Waals surface area contributed by atoms with Crippen LogP contribution in [0.15, 0.2) is 0 Å². The second-order valence-corrected chi connectivity index (χ2v) is 2.31. The largest absolute Gasteiger partial charge is 0.348 e. The quantitative estimate of drug-likeness (QED) is 0.634. The van der Waals surface area contributed by atoms with Crippen LogP contribution in [0.4, 0.5) is 8.78 Å². The molecule has 0 aromatic rings. The summed E-state index contributed by atoms with van der Waals surface area (Å²) in [7, 11) is 3.15. The van der Waals surface area contributed by atoms with Crippen LogP contribution in [0.2, 0.25) is 0 Å². The molecule has 11 heavy (non-hydrogen) atoms. The van der Waals surface area contributed by atoms with Gasteiger partial charge in [0.05, 0.1) is 13.1 Å². The average molecular weight is 166 g/mol. The molecule has 0 radical (unpaired) electrons. The molecule has 0 bridgehead atoms. The van der Waals surface area contributed by atoms with E-state index in [4.69, 9.17) is 0 Å². The fourth-order valence-corrected chi connectivity index (χ4v) is 0.446. The highest BCUT2D eigenvalue weighted by Gasteiger charge is 2.05. The van der Waals surface area contributed by atoms with Gasteiger partial charge in [-0.25, -0.2) is 8.78 Å². The van der Waals surface area contributed by atoms with Gasteiger partial charge in [0.15, 0.2) is 0 Å². The van der Waals surface area contributed by atoms with Gasteiger partial charge in [0.25, 0.3) is 6.43 Å². The topological polar surface area (TPSA) is 32.3 Å². The minimum absolute atomic E-state index is 0.0304. The maximum Gasteiger partial charge on any atom is 0.250 e. The molecule has 5 heteroatoms. The lowest BCUT2D eigenvalue weighted by atomic mass is 10.5. The summed E-state index contributed by atoms with van der Waals surface area (Å²) in [5, 5.41) is 2.32. The molecular formula is C6H12F2N2O. The van der Waals surface area contributed by atoms with Crippen LogP contribution in [0, 0.1) is 0 Å². The minimum Gasteiger partial charge on any atom is -0.348 e. The van der Waals surface area contributed by atoms with Crippen LogP contribution in [0.3, 0.4) is 0 Å². The predicted molar refractivity (Wildman–Crippen MR) is 37.6 cm³/mol. The fourth-order valence-electron chi connectivity index (χ4n) is 0.446. The monoisotopic (exact) mass is 166 g/mol. The van der Waals surface area contributed by atoms with Crippen molar-refractivity contribution in [1.29, 1.82) is 0 Å². The maximum absolute atomic E-state index is 11.5. The number of amides is 1. The number of halogens is 2. The Labute approximate surface area is 64.4 Å². The van der Waals surface area contributed by atoms with Gasteiger partial charge in [-0.05, 0) is 0 Å². The summed E-state index contributed by atoms with van der Waals surface area (Å²) in [5.74, 6) is -0.203. The Morgan fingerprint density at radius 3 is 2.45 bits per heavy atom. The van der Waals surface area contributed by atoms with E-state index in [0.717, 1.165) is 0 Å². The van der Waals surface area contributed by atoms with Crippen molar-refractivity contribution in [3.63, 3.8) is 0 Å². The van der Waals surface area contributed by atoms with E-state index >= 15 is 0 Å². The van der Waals surface area contributed by atoms with Gasteiger partial charge >= 0.3 is 0 Å². The van der Waals surface area contributed by atoms with Gasteiger partial charge in [-0.3, -0.25) is 4.79 Å². The Bertz CT molecular complexity index is 128. The first kappa shape index (κ1) is 10.3. The van der Waals surface area contributed by atoms with Crippen molar-refractivity contribution in [3.05, 3.63) is 0 Å². The van der Waals surface area contributed by atoms with Crippen molar-refractivity contribution in [3.8, 4) is 0 Å². The van der Waals surface area contributed by atoms with E-state index in [-0.39, 0.29) is 12.5 Å². The SMILES string of the molecule is CN(C)C(=O)CNCC(F)F. The second-order valence-electron chi connectivity index (χ2n) is 2.31. The first-order chi connectivity index (χ1) is 5.04. The molecule has 0 spiro atoms. The second kappa shape index (κ2) is 5.01. The maximum atomic E-state index is 11.5. The van der Waals surface area contributed by atoms with E-state index in [1.807, 2.05) is 0 Å². The van der Waals surface area contributed by atoms with Crippen LogP contribution < -0.4 is 5.32 Å². The molecule has 1 amide bonds. The van der Waals surface area contributed by atoms with Crippen LogP contribution in [0.1, 0.15) is 0 Å². The lowest BCUT2D eigenvalue weighted by Gasteiger charge is -2.10. The molecule has 0 unspecified atom stereocenters. The molecule has 0 heterocycles. The first-order valence-electron chi connectivity index (χ1n) is 3.23. The minimum atomic E-state index is -2.40. The fraction of sp³-hybridized carbons (Fsp3) is 0.833. The summed E-state index contributed by atoms with van der Waals surface area (Å²) in [6.07, 6.45) is -2.40. The number of nitrogens with zero attached hydrogens (tertiary/aromatic N) is 1. The molecule has 0 saturated heterocycles. The van der Waals surface area contributed by atoms with Crippen molar-refractivity contribution in [2.24, 2.45) is 0 Å². The van der Waals surface area contributed by atoms with Gasteiger partial charge in [0.1, 0.15) is 0 Å². The first-order valence-corrected chi connectivity index (χ1v) is 3.23. The molecule has 0 atom stereocenters. The Balaban J connectivity index is 3.32. The number of carbonyl (C=O) groups is 1. The molecule has 0 aliphatic rings. The highest BCUT2D eigenvalue weighted by Crippen LogP contribution is 1.87. The Hall–Kier alpha value is -0.710. The molecule has 0 aliphatic carbocycles. The van der Waals surface area contributed by atoms with Crippen molar-refractivity contribution < 1.29 is 13.6 Å². The number of nitrogens with one attached hydrogen (secondary N) is 1. The summed E-state index contributed by atoms with van der Waals surface area (Å²) in [5.41, 5.74) is 0. The highest BCUT2D eigenvalue weighted by atomic mass is 19.3. The molecule has 0 rings (SSSR count). The van der Waals surface area contributed by atoms with E-state index in [1.54, 1.807) is 14.1 Å². The van der Waals surface area contributed by atoms with Crippen molar-refractivity contribution >= 4 is 5.91 Å². The Morgan fingerprint density at radius 1 is 1.55 bits per heavy atom. The predicted octanol–water partition coefficient (Wildman–Crippen LogP) is -0.0707. The Morgan fingerprint density at radius 2 is 2.09 bits per heavy atom. The lowest BCUT2D eigenvalue weighted by molar-refractivity contribution is -0.127. The molecule has 3 nitrogen and oxygen atoms in total. The summed E-state index contributed by atoms with van der Waals surface area (Å²) in [6, 6.07) is 0. The summed E-state index contributed by atoms with van der Waals surface area (Å²) >= 11 is 0. The molecule has 66 valence electrons. The number of rotatable bonds is 4. The van der Waals surface area contributed by atoms with Gasteiger partial charge in [-0.1, -0.05) is 0 Å². The zero-order chi connectivity index (χ0) is 8.85. The van der Waals surface area contributed by atoms with E-state index in [0.29, 0.717) is 0 Å². The molecule has 0 saturated carbocycles. The van der Waals surface area contributed by atoms with Crippen molar-refractivity contribution in [2.45, 2.75) is 6.43 Å². The number of likely N-dealkylation sites (N-methyl/N-ethyl adjacent to an activating group) is 1. The van der Waals surface area contributed by atoms with Gasteiger partial charge < -0.3 is 10.2 Å². The van der Waals surface area contributed by atoms with E-state index in [1.165, 1.54) is 4.90 Å². The summed E-state index contributed by atoms with van der Waals surface area (Å²) in [6.45, 7) is -0.461. The van der Waals surface area contributed by atoms with Crippen LogP contribution in [0.5, 0.6) is 0 Å². The van der Waals surface area contributed by atoms with Crippen molar-refractivity contribution in [2.75, 3.05) is 27.2 Å². The summed E-state index contributed by atoms with van der Waals surface area (Å²) in [4.78, 5) is 12.1. The molecule has 0 aromatic carbocycles. The third-order valence-corrected chi connectivity index (χ3v) is 1.07. The van der Waals surface area contributed by atoms with Crippen LogP contribution in [0.25, 0.3) is 0 Å². The van der Waals surface area contributed by atoms with E-state index in [2.05, 4.69) is 5.32 Å². The summed E-state index contributed by atoms with van der Waals surface area (Å²) < 4.78 is 23.0. The molecule has 0 fully saturated rings. The molecule has 0 aromatic heterocycles. The van der Waals surface area contributed by atoms with Crippen LogP contribution >= 0.6 is 0 Å². The average Bonchev–Trinajstić information content (AvgIpc) is 1.86. The lowest BCUT2D eigenvalue weighted by Crippen LogP contribution is -2.35. The third-order valence-electron chi connectivity index (χ3n) is 1.07. The Kier molecular flexibility index (Phi) is 4.69. The molecular weight excluding hydrogens is 154 g/mol. The van der Waals surface area contributed by atoms with Gasteiger partial charge in [-0.15, -0.1) is 0 Å². The van der Waals surface area contributed by atoms with Gasteiger partial charge in [-0.2, -0.15) is 0 Å². The number of carbonyl (C=O) groups excluding carboxylic acids is 1. The molecule has 0 aliphatic heterocycles. The van der Waals surface area contributed by atoms with E-state index < -0.39 is 13.0 Å². The van der Waals surface area contributed by atoms with Crippen molar-refractivity contribution in [1.82, 2.24) is 10.2 Å². The normalized spacial score (nSPS) is 10.3. The highest BCUT2D eigenvalue weighted by molar-refractivity contribution is 5.77. The van der Waals surface area contributed by atoms with Gasteiger partial charge in [0.2, 0.25) is 5.91 Å². The number of hydrogen-bond acceptors (Lipinski definition) is 2.